The third kappa shape index (κ3) is 6.95. The summed E-state index contributed by atoms with van der Waals surface area (Å²) >= 11 is 5.98. The van der Waals surface area contributed by atoms with E-state index >= 15 is 0 Å². The van der Waals surface area contributed by atoms with Crippen molar-refractivity contribution < 1.29 is 20.1 Å². The summed E-state index contributed by atoms with van der Waals surface area (Å²) in [6.45, 7) is 3.83. The lowest BCUT2D eigenvalue weighted by molar-refractivity contribution is -0.132. The molecule has 2 fully saturated rings. The van der Waals surface area contributed by atoms with Crippen molar-refractivity contribution in [3.8, 4) is 0 Å². The van der Waals surface area contributed by atoms with E-state index in [1.807, 2.05) is 6.08 Å². The molecule has 29 heavy (non-hydrogen) atoms. The Kier molecular flexibility index (Phi) is 9.41. The minimum atomic E-state index is -0.847. The van der Waals surface area contributed by atoms with Crippen LogP contribution in [0.1, 0.15) is 65.2 Å². The number of nitrogens with one attached hydrogen (secondary N) is 1. The highest BCUT2D eigenvalue weighted by atomic mass is 35.5. The highest BCUT2D eigenvalue weighted by Crippen LogP contribution is 2.46. The lowest BCUT2D eigenvalue weighted by atomic mass is 9.72. The Hall–Kier alpha value is -1.14. The van der Waals surface area contributed by atoms with E-state index in [1.54, 1.807) is 19.1 Å². The molecule has 0 aromatic carbocycles. The molecule has 5 atom stereocenters. The second-order valence-electron chi connectivity index (χ2n) is 8.64. The van der Waals surface area contributed by atoms with Gasteiger partial charge < -0.3 is 20.6 Å². The van der Waals surface area contributed by atoms with Crippen molar-refractivity contribution in [2.45, 2.75) is 82.9 Å². The fraction of sp³-hybridized carbons (Fsp3) is 0.696. The van der Waals surface area contributed by atoms with Crippen LogP contribution in [0.3, 0.4) is 0 Å². The van der Waals surface area contributed by atoms with Crippen LogP contribution in [0.4, 0.5) is 0 Å². The molecule has 6 heteroatoms. The molecule has 1 saturated carbocycles. The van der Waals surface area contributed by atoms with Crippen LogP contribution in [0.25, 0.3) is 0 Å². The fourth-order valence-corrected chi connectivity index (χ4v) is 5.22. The van der Waals surface area contributed by atoms with Crippen LogP contribution < -0.4 is 5.32 Å². The molecular weight excluding hydrogens is 390 g/mol. The van der Waals surface area contributed by atoms with Crippen LogP contribution in [0.2, 0.25) is 0 Å². The van der Waals surface area contributed by atoms with Crippen LogP contribution in [0.15, 0.2) is 34.9 Å². The van der Waals surface area contributed by atoms with Crippen molar-refractivity contribution in [1.29, 1.82) is 0 Å². The Balaban J connectivity index is 2.01. The second kappa shape index (κ2) is 11.3. The molecule has 4 N–H and O–H groups in total. The van der Waals surface area contributed by atoms with Gasteiger partial charge in [0.15, 0.2) is 0 Å². The normalized spacial score (nSPS) is 30.8. The average molecular weight is 426 g/mol. The number of aliphatic carboxylic acids is 1. The average Bonchev–Trinajstić information content (AvgIpc) is 3.06. The fourth-order valence-electron chi connectivity index (χ4n) is 5.01. The maximum absolute atomic E-state index is 11.1. The highest BCUT2D eigenvalue weighted by molar-refractivity contribution is 6.29. The third-order valence-corrected chi connectivity index (χ3v) is 6.82. The summed E-state index contributed by atoms with van der Waals surface area (Å²) in [6, 6.07) is 0.320. The van der Waals surface area contributed by atoms with E-state index in [4.69, 9.17) is 21.8 Å². The molecule has 5 nitrogen and oxygen atoms in total. The highest BCUT2D eigenvalue weighted by Gasteiger charge is 2.46. The first-order valence-electron chi connectivity index (χ1n) is 10.8. The number of hydrogen-bond donors (Lipinski definition) is 4. The number of aliphatic hydroxyl groups is 2. The SMILES string of the molecule is C/C(=C\C[C@@H]1CCC[C@@]2(CCC[C@H]2[C@@H](C)/C=C/C(O)/C=C(\Cl)CCO)N1)C(=O)O. The molecule has 2 aliphatic rings. The molecule has 1 aliphatic carbocycles. The quantitative estimate of drug-likeness (QED) is 0.329. The second-order valence-corrected chi connectivity index (χ2v) is 9.12. The molecule has 1 heterocycles. The lowest BCUT2D eigenvalue weighted by Crippen LogP contribution is -2.56. The number of carboxylic acids is 1. The molecular formula is C23H36ClNO4. The van der Waals surface area contributed by atoms with E-state index < -0.39 is 12.1 Å². The van der Waals surface area contributed by atoms with E-state index in [9.17, 15) is 9.90 Å². The molecule has 1 saturated heterocycles. The first kappa shape index (κ1) is 24.1. The number of allylic oxidation sites excluding steroid dienone is 1. The van der Waals surface area contributed by atoms with Gasteiger partial charge in [-0.25, -0.2) is 4.79 Å². The van der Waals surface area contributed by atoms with Gasteiger partial charge in [0.25, 0.3) is 0 Å². The number of halogens is 1. The lowest BCUT2D eigenvalue weighted by Gasteiger charge is -2.45. The molecule has 0 aromatic rings. The number of rotatable bonds is 9. The van der Waals surface area contributed by atoms with Gasteiger partial charge in [0.2, 0.25) is 0 Å². The summed E-state index contributed by atoms with van der Waals surface area (Å²) in [4.78, 5) is 11.1. The minimum Gasteiger partial charge on any atom is -0.478 e. The zero-order valence-corrected chi connectivity index (χ0v) is 18.4. The molecule has 164 valence electrons. The molecule has 0 aromatic heterocycles. The largest absolute Gasteiger partial charge is 0.478 e. The number of hydrogen-bond acceptors (Lipinski definition) is 4. The van der Waals surface area contributed by atoms with Gasteiger partial charge in [-0.15, -0.1) is 0 Å². The predicted molar refractivity (Wildman–Crippen MR) is 117 cm³/mol. The zero-order chi connectivity index (χ0) is 21.4. The van der Waals surface area contributed by atoms with Crippen LogP contribution in [0, 0.1) is 11.8 Å². The van der Waals surface area contributed by atoms with Crippen molar-refractivity contribution in [3.05, 3.63) is 34.9 Å². The number of piperidine rings is 1. The third-order valence-electron chi connectivity index (χ3n) is 6.51. The summed E-state index contributed by atoms with van der Waals surface area (Å²) in [5.74, 6) is -0.0327. The van der Waals surface area contributed by atoms with Gasteiger partial charge in [-0.05, 0) is 56.9 Å². The Morgan fingerprint density at radius 2 is 1.97 bits per heavy atom. The van der Waals surface area contributed by atoms with Crippen molar-refractivity contribution >= 4 is 17.6 Å². The van der Waals surface area contributed by atoms with E-state index in [0.717, 1.165) is 38.5 Å². The van der Waals surface area contributed by atoms with Crippen LogP contribution >= 0.6 is 11.6 Å². The standard InChI is InChI=1S/C23H36ClNO4/c1-16(8-10-20(27)15-18(24)11-14-26)21-6-4-13-23(21)12-3-5-19(25-23)9-7-17(2)22(28)29/h7-8,10,15-16,19-21,25-27H,3-6,9,11-14H2,1-2H3,(H,28,29)/b10-8+,17-7+,18-15-/t16-,19-,20?,21-,23-/m0/s1. The van der Waals surface area contributed by atoms with Crippen molar-refractivity contribution in [2.75, 3.05) is 6.61 Å². The zero-order valence-electron chi connectivity index (χ0n) is 17.6. The van der Waals surface area contributed by atoms with Gasteiger partial charge >= 0.3 is 5.97 Å². The molecule has 2 rings (SSSR count). The van der Waals surface area contributed by atoms with Gasteiger partial charge in [-0.1, -0.05) is 49.6 Å². The van der Waals surface area contributed by atoms with Gasteiger partial charge in [0.1, 0.15) is 0 Å². The number of carbonyl (C=O) groups is 1. The molecule has 0 amide bonds. The smallest absolute Gasteiger partial charge is 0.330 e. The Bertz CT molecular complexity index is 645. The summed E-state index contributed by atoms with van der Waals surface area (Å²) in [5, 5.41) is 32.5. The van der Waals surface area contributed by atoms with Crippen molar-refractivity contribution in [1.82, 2.24) is 5.32 Å². The van der Waals surface area contributed by atoms with Crippen LogP contribution in [0.5, 0.6) is 0 Å². The first-order chi connectivity index (χ1) is 13.8. The van der Waals surface area contributed by atoms with Gasteiger partial charge in [-0.3, -0.25) is 0 Å². The maximum Gasteiger partial charge on any atom is 0.330 e. The van der Waals surface area contributed by atoms with Crippen LogP contribution in [-0.2, 0) is 4.79 Å². The summed E-state index contributed by atoms with van der Waals surface area (Å²) in [6.07, 6.45) is 14.5. The van der Waals surface area contributed by atoms with Crippen LogP contribution in [-0.4, -0.2) is 45.6 Å². The molecule has 1 aliphatic heterocycles. The van der Waals surface area contributed by atoms with Gasteiger partial charge in [0, 0.05) is 35.2 Å². The van der Waals surface area contributed by atoms with E-state index in [1.165, 1.54) is 6.42 Å². The van der Waals surface area contributed by atoms with Gasteiger partial charge in [0.05, 0.1) is 6.10 Å². The van der Waals surface area contributed by atoms with Crippen molar-refractivity contribution in [2.24, 2.45) is 11.8 Å². The molecule has 0 radical (unpaired) electrons. The molecule has 1 spiro atoms. The van der Waals surface area contributed by atoms with E-state index in [-0.39, 0.29) is 12.1 Å². The van der Waals surface area contributed by atoms with E-state index in [0.29, 0.717) is 34.9 Å². The maximum atomic E-state index is 11.1. The summed E-state index contributed by atoms with van der Waals surface area (Å²) in [7, 11) is 0. The minimum absolute atomic E-state index is 0.0270. The molecule has 0 bridgehead atoms. The Morgan fingerprint density at radius 3 is 2.62 bits per heavy atom. The van der Waals surface area contributed by atoms with E-state index in [2.05, 4.69) is 18.3 Å². The Labute approximate surface area is 179 Å². The van der Waals surface area contributed by atoms with Gasteiger partial charge in [-0.2, -0.15) is 0 Å². The topological polar surface area (TPSA) is 89.8 Å². The summed E-state index contributed by atoms with van der Waals surface area (Å²) < 4.78 is 0. The Morgan fingerprint density at radius 1 is 1.28 bits per heavy atom. The van der Waals surface area contributed by atoms with Crippen molar-refractivity contribution in [3.63, 3.8) is 0 Å². The molecule has 1 unspecified atom stereocenters. The summed E-state index contributed by atoms with van der Waals surface area (Å²) in [5.41, 5.74) is 0.514. The number of aliphatic hydroxyl groups excluding tert-OH is 2. The number of carboxylic acid groups (broad SMARTS) is 1. The first-order valence-corrected chi connectivity index (χ1v) is 11.2. The predicted octanol–water partition coefficient (Wildman–Crippen LogP) is 4.15. The monoisotopic (exact) mass is 425 g/mol.